The van der Waals surface area contributed by atoms with Gasteiger partial charge in [0.25, 0.3) is 15.0 Å². The predicted molar refractivity (Wildman–Crippen MR) is 70.4 cm³/mol. The molecule has 0 aromatic carbocycles. The van der Waals surface area contributed by atoms with Crippen molar-refractivity contribution in [2.75, 3.05) is 0 Å². The number of aryl methyl sites for hydroxylation is 1. The average Bonchev–Trinajstić information content (AvgIpc) is 2.60. The van der Waals surface area contributed by atoms with Crippen LogP contribution >= 0.6 is 10.7 Å². The molecular weight excluding hydrogens is 276 g/mol. The van der Waals surface area contributed by atoms with Gasteiger partial charge in [-0.1, -0.05) is 6.92 Å². The summed E-state index contributed by atoms with van der Waals surface area (Å²) in [4.78, 5) is 11.9. The van der Waals surface area contributed by atoms with Gasteiger partial charge in [-0.2, -0.15) is 0 Å². The second kappa shape index (κ2) is 5.75. The van der Waals surface area contributed by atoms with Crippen LogP contribution in [0.5, 0.6) is 0 Å². The Morgan fingerprint density at radius 3 is 2.56 bits per heavy atom. The largest absolute Gasteiger partial charge is 0.349 e. The highest BCUT2D eigenvalue weighted by Crippen LogP contribution is 2.19. The van der Waals surface area contributed by atoms with E-state index in [1.165, 1.54) is 12.3 Å². The highest BCUT2D eigenvalue weighted by molar-refractivity contribution is 8.13. The number of rotatable bonds is 5. The van der Waals surface area contributed by atoms with E-state index in [1.807, 2.05) is 20.8 Å². The van der Waals surface area contributed by atoms with Crippen molar-refractivity contribution in [3.63, 3.8) is 0 Å². The van der Waals surface area contributed by atoms with Crippen LogP contribution in [0.2, 0.25) is 0 Å². The zero-order valence-corrected chi connectivity index (χ0v) is 12.2. The van der Waals surface area contributed by atoms with Gasteiger partial charge < -0.3 is 9.88 Å². The Labute approximate surface area is 112 Å². The Balaban J connectivity index is 3.16. The van der Waals surface area contributed by atoms with Gasteiger partial charge in [0.05, 0.1) is 0 Å². The number of aromatic nitrogens is 1. The molecule has 0 unspecified atom stereocenters. The molecule has 0 saturated heterocycles. The third-order valence-electron chi connectivity index (χ3n) is 2.27. The van der Waals surface area contributed by atoms with Crippen molar-refractivity contribution in [1.29, 1.82) is 0 Å². The molecule has 0 aliphatic rings. The lowest BCUT2D eigenvalue weighted by atomic mass is 10.3. The van der Waals surface area contributed by atoms with Crippen molar-refractivity contribution in [2.24, 2.45) is 0 Å². The summed E-state index contributed by atoms with van der Waals surface area (Å²) in [6, 6.07) is 1.29. The van der Waals surface area contributed by atoms with Gasteiger partial charge in [-0.05, 0) is 26.3 Å². The van der Waals surface area contributed by atoms with E-state index in [1.54, 1.807) is 4.57 Å². The third-order valence-corrected chi connectivity index (χ3v) is 3.59. The molecule has 0 saturated carbocycles. The second-order valence-corrected chi connectivity index (χ2v) is 6.89. The highest BCUT2D eigenvalue weighted by atomic mass is 35.7. The summed E-state index contributed by atoms with van der Waals surface area (Å²) in [7, 11) is 1.47. The van der Waals surface area contributed by atoms with Crippen LogP contribution in [0.1, 0.15) is 37.7 Å². The maximum absolute atomic E-state index is 11.9. The fourth-order valence-corrected chi connectivity index (χ4v) is 2.33. The molecule has 0 aliphatic carbocycles. The van der Waals surface area contributed by atoms with Gasteiger partial charge in [-0.25, -0.2) is 8.42 Å². The highest BCUT2D eigenvalue weighted by Gasteiger charge is 2.19. The number of amides is 1. The average molecular weight is 293 g/mol. The Kier molecular flexibility index (Phi) is 4.81. The Morgan fingerprint density at radius 2 is 2.11 bits per heavy atom. The molecule has 0 fully saturated rings. The molecule has 1 rings (SSSR count). The van der Waals surface area contributed by atoms with Crippen LogP contribution in [0, 0.1) is 0 Å². The van der Waals surface area contributed by atoms with Crippen molar-refractivity contribution < 1.29 is 13.2 Å². The van der Waals surface area contributed by atoms with Gasteiger partial charge in [-0.3, -0.25) is 4.79 Å². The summed E-state index contributed by atoms with van der Waals surface area (Å²) in [5.74, 6) is -0.301. The van der Waals surface area contributed by atoms with Gasteiger partial charge >= 0.3 is 0 Å². The summed E-state index contributed by atoms with van der Waals surface area (Å²) in [5.41, 5.74) is 0.310. The van der Waals surface area contributed by atoms with Gasteiger partial charge in [0.2, 0.25) is 0 Å². The summed E-state index contributed by atoms with van der Waals surface area (Å²) < 4.78 is 24.1. The van der Waals surface area contributed by atoms with Crippen molar-refractivity contribution in [3.05, 3.63) is 18.0 Å². The number of carbonyl (C=O) groups is 1. The van der Waals surface area contributed by atoms with E-state index in [0.29, 0.717) is 12.2 Å². The molecule has 0 aliphatic heterocycles. The van der Waals surface area contributed by atoms with Crippen LogP contribution in [-0.2, 0) is 15.6 Å². The van der Waals surface area contributed by atoms with E-state index < -0.39 is 9.05 Å². The van der Waals surface area contributed by atoms with Crippen molar-refractivity contribution in [2.45, 2.75) is 44.7 Å². The number of hydrogen-bond acceptors (Lipinski definition) is 3. The molecule has 102 valence electrons. The molecule has 5 nitrogen and oxygen atoms in total. The lowest BCUT2D eigenvalue weighted by Crippen LogP contribution is -2.31. The van der Waals surface area contributed by atoms with Gasteiger partial charge in [0.1, 0.15) is 10.6 Å². The number of hydrogen-bond donors (Lipinski definition) is 1. The zero-order chi connectivity index (χ0) is 13.9. The smallest absolute Gasteiger partial charge is 0.268 e. The molecule has 0 atom stereocenters. The monoisotopic (exact) mass is 292 g/mol. The molecular formula is C11H17ClN2O3S. The zero-order valence-electron chi connectivity index (χ0n) is 10.6. The lowest BCUT2D eigenvalue weighted by Gasteiger charge is -2.10. The van der Waals surface area contributed by atoms with Crippen LogP contribution in [0.3, 0.4) is 0 Å². The van der Waals surface area contributed by atoms with Crippen molar-refractivity contribution in [3.8, 4) is 0 Å². The van der Waals surface area contributed by atoms with Gasteiger partial charge in [0.15, 0.2) is 0 Å². The number of halogens is 1. The van der Waals surface area contributed by atoms with Crippen LogP contribution in [0.25, 0.3) is 0 Å². The molecule has 7 heteroatoms. The van der Waals surface area contributed by atoms with Crippen LogP contribution in [-0.4, -0.2) is 24.9 Å². The van der Waals surface area contributed by atoms with Crippen molar-refractivity contribution >= 4 is 25.6 Å². The topological polar surface area (TPSA) is 68.2 Å². The van der Waals surface area contributed by atoms with E-state index >= 15 is 0 Å². The number of carbonyl (C=O) groups excluding carboxylic acids is 1. The van der Waals surface area contributed by atoms with Gasteiger partial charge in [0, 0.05) is 29.5 Å². The Bertz CT molecular complexity index is 534. The maximum Gasteiger partial charge on any atom is 0.268 e. The Morgan fingerprint density at radius 1 is 1.50 bits per heavy atom. The second-order valence-electron chi connectivity index (χ2n) is 4.32. The minimum atomic E-state index is -3.81. The number of nitrogens with zero attached hydrogens (tertiary/aromatic N) is 1. The quantitative estimate of drug-likeness (QED) is 0.844. The van der Waals surface area contributed by atoms with E-state index in [9.17, 15) is 13.2 Å². The molecule has 18 heavy (non-hydrogen) atoms. The molecule has 1 heterocycles. The van der Waals surface area contributed by atoms with Crippen LogP contribution in [0.4, 0.5) is 0 Å². The standard InChI is InChI=1S/C11H17ClN2O3S/c1-4-5-14-7-9(18(12,16)17)6-10(14)11(15)13-8(2)3/h6-8H,4-5H2,1-3H3,(H,13,15). The Hall–Kier alpha value is -1.01. The summed E-state index contributed by atoms with van der Waals surface area (Å²) >= 11 is 0. The van der Waals surface area contributed by atoms with E-state index in [-0.39, 0.29) is 16.8 Å². The summed E-state index contributed by atoms with van der Waals surface area (Å²) in [5, 5.41) is 2.72. The number of nitrogens with one attached hydrogen (secondary N) is 1. The minimum Gasteiger partial charge on any atom is -0.349 e. The first-order valence-electron chi connectivity index (χ1n) is 5.71. The van der Waals surface area contributed by atoms with E-state index in [2.05, 4.69) is 5.32 Å². The first-order chi connectivity index (χ1) is 8.25. The van der Waals surface area contributed by atoms with E-state index in [0.717, 1.165) is 6.42 Å². The van der Waals surface area contributed by atoms with Crippen LogP contribution < -0.4 is 5.32 Å². The fourth-order valence-electron chi connectivity index (χ4n) is 1.57. The minimum absolute atomic E-state index is 0.0152. The van der Waals surface area contributed by atoms with Crippen LogP contribution in [0.15, 0.2) is 17.2 Å². The van der Waals surface area contributed by atoms with Crippen molar-refractivity contribution in [1.82, 2.24) is 9.88 Å². The summed E-state index contributed by atoms with van der Waals surface area (Å²) in [6.07, 6.45) is 2.18. The molecule has 1 N–H and O–H groups in total. The summed E-state index contributed by atoms with van der Waals surface area (Å²) in [6.45, 7) is 6.18. The molecule has 0 bridgehead atoms. The van der Waals surface area contributed by atoms with Gasteiger partial charge in [-0.15, -0.1) is 0 Å². The molecule has 1 aromatic rings. The first kappa shape index (κ1) is 15.0. The molecule has 0 radical (unpaired) electrons. The molecule has 0 spiro atoms. The SMILES string of the molecule is CCCn1cc(S(=O)(=O)Cl)cc1C(=O)NC(C)C. The lowest BCUT2D eigenvalue weighted by molar-refractivity contribution is 0.0933. The fraction of sp³-hybridized carbons (Fsp3) is 0.545. The first-order valence-corrected chi connectivity index (χ1v) is 8.02. The van der Waals surface area contributed by atoms with E-state index in [4.69, 9.17) is 10.7 Å². The normalized spacial score (nSPS) is 11.8. The molecule has 1 amide bonds. The maximum atomic E-state index is 11.9. The predicted octanol–water partition coefficient (Wildman–Crippen LogP) is 1.96. The molecule has 1 aromatic heterocycles. The third kappa shape index (κ3) is 3.74.